The number of hydrogen-bond donors (Lipinski definition) is 2. The molecule has 2 aromatic heterocycles. The molecule has 124 valence electrons. The lowest BCUT2D eigenvalue weighted by Gasteiger charge is -2.10. The average Bonchev–Trinajstić information content (AvgIpc) is 2.96. The first-order valence-electron chi connectivity index (χ1n) is 8.07. The first kappa shape index (κ1) is 16.1. The van der Waals surface area contributed by atoms with E-state index in [1.165, 1.54) is 0 Å². The number of nitrogens with one attached hydrogen (secondary N) is 2. The van der Waals surface area contributed by atoms with Crippen molar-refractivity contribution in [1.82, 2.24) is 19.9 Å². The monoisotopic (exact) mass is 323 g/mol. The highest BCUT2D eigenvalue weighted by atomic mass is 16.1. The van der Waals surface area contributed by atoms with Crippen molar-refractivity contribution >= 4 is 22.9 Å². The van der Waals surface area contributed by atoms with Gasteiger partial charge in [0.1, 0.15) is 0 Å². The van der Waals surface area contributed by atoms with E-state index in [2.05, 4.69) is 20.6 Å². The number of fused-ring (bicyclic) bond motifs is 1. The maximum atomic E-state index is 12.1. The minimum absolute atomic E-state index is 0.0428. The van der Waals surface area contributed by atoms with Crippen LogP contribution in [0.5, 0.6) is 0 Å². The lowest BCUT2D eigenvalue weighted by atomic mass is 10.2. The fourth-order valence-electron chi connectivity index (χ4n) is 2.60. The number of imidazole rings is 1. The van der Waals surface area contributed by atoms with E-state index >= 15 is 0 Å². The Labute approximate surface area is 140 Å². The van der Waals surface area contributed by atoms with E-state index in [9.17, 15) is 4.79 Å². The highest BCUT2D eigenvalue weighted by molar-refractivity contribution is 5.91. The van der Waals surface area contributed by atoms with Gasteiger partial charge in [0.05, 0.1) is 11.0 Å². The quantitative estimate of drug-likeness (QED) is 0.699. The van der Waals surface area contributed by atoms with Gasteiger partial charge in [-0.25, -0.2) is 4.98 Å². The number of para-hydroxylation sites is 2. The Balaban J connectivity index is 1.83. The Bertz CT molecular complexity index is 813. The van der Waals surface area contributed by atoms with Gasteiger partial charge in [0.2, 0.25) is 11.9 Å². The second kappa shape index (κ2) is 7.70. The minimum atomic E-state index is -0.0428. The Morgan fingerprint density at radius 2 is 2.00 bits per heavy atom. The SMILES string of the molecule is CNCCC(=O)Nc1nc2ccccc2n1CCc1ccccn1. The number of pyridine rings is 1. The minimum Gasteiger partial charge on any atom is -0.319 e. The summed E-state index contributed by atoms with van der Waals surface area (Å²) in [6, 6.07) is 13.8. The number of rotatable bonds is 7. The molecule has 0 aliphatic heterocycles. The first-order valence-corrected chi connectivity index (χ1v) is 8.07. The van der Waals surface area contributed by atoms with Gasteiger partial charge in [0.15, 0.2) is 0 Å². The molecule has 0 spiro atoms. The van der Waals surface area contributed by atoms with Gasteiger partial charge in [0.25, 0.3) is 0 Å². The molecule has 0 unspecified atom stereocenters. The van der Waals surface area contributed by atoms with Crippen molar-refractivity contribution in [2.24, 2.45) is 0 Å². The molecule has 6 nitrogen and oxygen atoms in total. The summed E-state index contributed by atoms with van der Waals surface area (Å²) in [5.41, 5.74) is 2.91. The molecule has 0 atom stereocenters. The zero-order chi connectivity index (χ0) is 16.8. The van der Waals surface area contributed by atoms with E-state index in [4.69, 9.17) is 0 Å². The molecular formula is C18H21N5O. The van der Waals surface area contributed by atoms with Crippen molar-refractivity contribution in [3.8, 4) is 0 Å². The summed E-state index contributed by atoms with van der Waals surface area (Å²) < 4.78 is 2.04. The molecule has 0 fully saturated rings. The smallest absolute Gasteiger partial charge is 0.227 e. The van der Waals surface area contributed by atoms with Crippen LogP contribution in [0.4, 0.5) is 5.95 Å². The van der Waals surface area contributed by atoms with E-state index in [1.807, 2.05) is 54.1 Å². The van der Waals surface area contributed by atoms with Crippen LogP contribution < -0.4 is 10.6 Å². The average molecular weight is 323 g/mol. The number of hydrogen-bond acceptors (Lipinski definition) is 4. The third-order valence-corrected chi connectivity index (χ3v) is 3.83. The van der Waals surface area contributed by atoms with Crippen LogP contribution >= 0.6 is 0 Å². The van der Waals surface area contributed by atoms with Gasteiger partial charge < -0.3 is 9.88 Å². The molecule has 0 saturated carbocycles. The highest BCUT2D eigenvalue weighted by Gasteiger charge is 2.13. The van der Waals surface area contributed by atoms with Crippen LogP contribution in [0, 0.1) is 0 Å². The number of anilines is 1. The van der Waals surface area contributed by atoms with Crippen LogP contribution in [-0.2, 0) is 17.8 Å². The molecule has 0 aliphatic rings. The van der Waals surface area contributed by atoms with E-state index in [0.29, 0.717) is 25.5 Å². The third kappa shape index (κ3) is 3.78. The number of aromatic nitrogens is 3. The first-order chi connectivity index (χ1) is 11.8. The van der Waals surface area contributed by atoms with Crippen LogP contribution in [0.15, 0.2) is 48.7 Å². The van der Waals surface area contributed by atoms with E-state index < -0.39 is 0 Å². The van der Waals surface area contributed by atoms with Gasteiger partial charge in [-0.05, 0) is 31.3 Å². The van der Waals surface area contributed by atoms with Gasteiger partial charge >= 0.3 is 0 Å². The molecule has 6 heteroatoms. The standard InChI is InChI=1S/C18H21N5O/c1-19-12-9-17(24)22-18-21-15-7-2-3-8-16(15)23(18)13-10-14-6-4-5-11-20-14/h2-8,11,19H,9-10,12-13H2,1H3,(H,21,22,24). The molecule has 3 rings (SSSR count). The Morgan fingerprint density at radius 1 is 1.17 bits per heavy atom. The van der Waals surface area contributed by atoms with Gasteiger partial charge in [-0.3, -0.25) is 15.1 Å². The van der Waals surface area contributed by atoms with Gasteiger partial charge in [0, 0.05) is 37.8 Å². The number of benzene rings is 1. The summed E-state index contributed by atoms with van der Waals surface area (Å²) in [7, 11) is 1.83. The number of carbonyl (C=O) groups excluding carboxylic acids is 1. The number of amides is 1. The molecule has 0 aliphatic carbocycles. The Kier molecular flexibility index (Phi) is 5.18. The van der Waals surface area contributed by atoms with Crippen LogP contribution in [0.3, 0.4) is 0 Å². The summed E-state index contributed by atoms with van der Waals surface area (Å²) in [5.74, 6) is 0.548. The number of aryl methyl sites for hydroxylation is 2. The highest BCUT2D eigenvalue weighted by Crippen LogP contribution is 2.20. The zero-order valence-corrected chi connectivity index (χ0v) is 13.7. The molecular weight excluding hydrogens is 302 g/mol. The molecule has 0 saturated heterocycles. The molecule has 3 aromatic rings. The van der Waals surface area contributed by atoms with E-state index in [0.717, 1.165) is 23.1 Å². The van der Waals surface area contributed by atoms with Crippen LogP contribution in [-0.4, -0.2) is 34.0 Å². The van der Waals surface area contributed by atoms with Crippen molar-refractivity contribution in [3.63, 3.8) is 0 Å². The second-order valence-corrected chi connectivity index (χ2v) is 5.55. The molecule has 1 aromatic carbocycles. The molecule has 1 amide bonds. The molecule has 0 bridgehead atoms. The fraction of sp³-hybridized carbons (Fsp3) is 0.278. The van der Waals surface area contributed by atoms with E-state index in [1.54, 1.807) is 6.20 Å². The normalized spacial score (nSPS) is 10.9. The number of nitrogens with zero attached hydrogens (tertiary/aromatic N) is 3. The Hall–Kier alpha value is -2.73. The lowest BCUT2D eigenvalue weighted by molar-refractivity contribution is -0.116. The number of carbonyl (C=O) groups is 1. The summed E-state index contributed by atoms with van der Waals surface area (Å²) in [4.78, 5) is 21.0. The maximum absolute atomic E-state index is 12.1. The molecule has 2 N–H and O–H groups in total. The van der Waals surface area contributed by atoms with Crippen molar-refractivity contribution < 1.29 is 4.79 Å². The zero-order valence-electron chi connectivity index (χ0n) is 13.7. The van der Waals surface area contributed by atoms with Crippen molar-refractivity contribution in [2.75, 3.05) is 18.9 Å². The molecule has 24 heavy (non-hydrogen) atoms. The van der Waals surface area contributed by atoms with Gasteiger partial charge in [-0.1, -0.05) is 18.2 Å². The topological polar surface area (TPSA) is 71.8 Å². The predicted octanol–water partition coefficient (Wildman–Crippen LogP) is 2.22. The van der Waals surface area contributed by atoms with Crippen LogP contribution in [0.25, 0.3) is 11.0 Å². The predicted molar refractivity (Wildman–Crippen MR) is 94.8 cm³/mol. The van der Waals surface area contributed by atoms with E-state index in [-0.39, 0.29) is 5.91 Å². The summed E-state index contributed by atoms with van der Waals surface area (Å²) in [5, 5.41) is 5.90. The van der Waals surface area contributed by atoms with Crippen LogP contribution in [0.1, 0.15) is 12.1 Å². The summed E-state index contributed by atoms with van der Waals surface area (Å²) >= 11 is 0. The second-order valence-electron chi connectivity index (χ2n) is 5.55. The Morgan fingerprint density at radius 3 is 2.79 bits per heavy atom. The molecule has 0 radical (unpaired) electrons. The summed E-state index contributed by atoms with van der Waals surface area (Å²) in [6.45, 7) is 1.35. The third-order valence-electron chi connectivity index (χ3n) is 3.83. The lowest BCUT2D eigenvalue weighted by Crippen LogP contribution is -2.21. The van der Waals surface area contributed by atoms with Crippen LogP contribution in [0.2, 0.25) is 0 Å². The summed E-state index contributed by atoms with van der Waals surface area (Å²) in [6.07, 6.45) is 2.99. The van der Waals surface area contributed by atoms with Gasteiger partial charge in [-0.2, -0.15) is 0 Å². The fourth-order valence-corrected chi connectivity index (χ4v) is 2.60. The van der Waals surface area contributed by atoms with Crippen molar-refractivity contribution in [2.45, 2.75) is 19.4 Å². The maximum Gasteiger partial charge on any atom is 0.227 e. The van der Waals surface area contributed by atoms with Crippen molar-refractivity contribution in [1.29, 1.82) is 0 Å². The van der Waals surface area contributed by atoms with Crippen molar-refractivity contribution in [3.05, 3.63) is 54.4 Å². The molecule has 2 heterocycles. The largest absolute Gasteiger partial charge is 0.319 e. The van der Waals surface area contributed by atoms with Gasteiger partial charge in [-0.15, -0.1) is 0 Å².